The maximum absolute atomic E-state index is 14.0. The van der Waals surface area contributed by atoms with Gasteiger partial charge in [-0.1, -0.05) is 17.4 Å². The van der Waals surface area contributed by atoms with E-state index in [2.05, 4.69) is 9.97 Å². The second-order valence-corrected chi connectivity index (χ2v) is 6.04. The van der Waals surface area contributed by atoms with E-state index in [4.69, 9.17) is 5.73 Å². The van der Waals surface area contributed by atoms with Crippen molar-refractivity contribution in [3.63, 3.8) is 0 Å². The Labute approximate surface area is 127 Å². The number of anilines is 1. The molecule has 0 fully saturated rings. The number of halogens is 2. The zero-order valence-corrected chi connectivity index (χ0v) is 12.1. The van der Waals surface area contributed by atoms with E-state index in [0.29, 0.717) is 22.7 Å². The van der Waals surface area contributed by atoms with Gasteiger partial charge in [0.1, 0.15) is 11.3 Å². The van der Waals surface area contributed by atoms with Crippen molar-refractivity contribution in [3.05, 3.63) is 53.9 Å². The van der Waals surface area contributed by atoms with Crippen molar-refractivity contribution in [2.75, 3.05) is 5.73 Å². The SMILES string of the molecule is Nc1nc2ccc(Cn3cnc4cc(F)cc(F)c43)cc2s1. The molecule has 110 valence electrons. The molecule has 0 radical (unpaired) electrons. The lowest BCUT2D eigenvalue weighted by Gasteiger charge is -2.05. The summed E-state index contributed by atoms with van der Waals surface area (Å²) in [6, 6.07) is 7.85. The highest BCUT2D eigenvalue weighted by atomic mass is 32.1. The Balaban J connectivity index is 1.78. The van der Waals surface area contributed by atoms with Crippen molar-refractivity contribution >= 4 is 37.7 Å². The van der Waals surface area contributed by atoms with Gasteiger partial charge in [-0.3, -0.25) is 0 Å². The summed E-state index contributed by atoms with van der Waals surface area (Å²) in [6.07, 6.45) is 1.51. The number of fused-ring (bicyclic) bond motifs is 2. The molecule has 4 rings (SSSR count). The molecule has 0 saturated heterocycles. The molecule has 0 spiro atoms. The second kappa shape index (κ2) is 4.74. The molecule has 0 aliphatic rings. The third-order valence-corrected chi connectivity index (χ3v) is 4.30. The largest absolute Gasteiger partial charge is 0.375 e. The molecule has 0 unspecified atom stereocenters. The van der Waals surface area contributed by atoms with E-state index in [1.54, 1.807) is 4.57 Å². The fourth-order valence-electron chi connectivity index (χ4n) is 2.53. The highest BCUT2D eigenvalue weighted by Crippen LogP contribution is 2.26. The third-order valence-electron chi connectivity index (χ3n) is 3.45. The van der Waals surface area contributed by atoms with E-state index >= 15 is 0 Å². The number of nitrogen functional groups attached to an aromatic ring is 1. The number of thiazole rings is 1. The normalized spacial score (nSPS) is 11.5. The minimum atomic E-state index is -0.628. The number of nitrogens with zero attached hydrogens (tertiary/aromatic N) is 3. The first kappa shape index (κ1) is 13.1. The average Bonchev–Trinajstić information content (AvgIpc) is 3.01. The van der Waals surface area contributed by atoms with E-state index in [-0.39, 0.29) is 0 Å². The van der Waals surface area contributed by atoms with Gasteiger partial charge in [-0.2, -0.15) is 0 Å². The molecule has 0 saturated carbocycles. The van der Waals surface area contributed by atoms with E-state index in [1.807, 2.05) is 18.2 Å². The number of hydrogen-bond donors (Lipinski definition) is 1. The van der Waals surface area contributed by atoms with Gasteiger partial charge in [-0.05, 0) is 17.7 Å². The molecule has 22 heavy (non-hydrogen) atoms. The van der Waals surface area contributed by atoms with Crippen molar-refractivity contribution in [1.29, 1.82) is 0 Å². The van der Waals surface area contributed by atoms with Gasteiger partial charge < -0.3 is 10.3 Å². The van der Waals surface area contributed by atoms with Gasteiger partial charge in [0.15, 0.2) is 10.9 Å². The number of nitrogens with two attached hydrogens (primary N) is 1. The Morgan fingerprint density at radius 3 is 2.86 bits per heavy atom. The van der Waals surface area contributed by atoms with Gasteiger partial charge in [0.25, 0.3) is 0 Å². The standard InChI is InChI=1S/C15H10F2N4S/c16-9-4-10(17)14-12(5-9)19-7-21(14)6-8-1-2-11-13(3-8)22-15(18)20-11/h1-5,7H,6H2,(H2,18,20). The van der Waals surface area contributed by atoms with E-state index in [9.17, 15) is 8.78 Å². The van der Waals surface area contributed by atoms with E-state index in [1.165, 1.54) is 23.7 Å². The molecule has 4 nitrogen and oxygen atoms in total. The molecule has 2 aromatic heterocycles. The Kier molecular flexibility index (Phi) is 2.83. The summed E-state index contributed by atoms with van der Waals surface area (Å²) in [6.45, 7) is 0.437. The number of aromatic nitrogens is 3. The van der Waals surface area contributed by atoms with Crippen molar-refractivity contribution in [2.45, 2.75) is 6.54 Å². The van der Waals surface area contributed by atoms with Crippen LogP contribution >= 0.6 is 11.3 Å². The molecule has 2 N–H and O–H groups in total. The Bertz CT molecular complexity index is 1010. The molecular weight excluding hydrogens is 306 g/mol. The zero-order chi connectivity index (χ0) is 15.3. The maximum atomic E-state index is 14.0. The van der Waals surface area contributed by atoms with Crippen LogP contribution in [-0.2, 0) is 6.54 Å². The van der Waals surface area contributed by atoms with Crippen LogP contribution < -0.4 is 5.73 Å². The average molecular weight is 316 g/mol. The van der Waals surface area contributed by atoms with Crippen LogP contribution in [-0.4, -0.2) is 14.5 Å². The third kappa shape index (κ3) is 2.10. The summed E-state index contributed by atoms with van der Waals surface area (Å²) in [7, 11) is 0. The van der Waals surface area contributed by atoms with Crippen LogP contribution in [0.4, 0.5) is 13.9 Å². The molecule has 0 aliphatic heterocycles. The van der Waals surface area contributed by atoms with Crippen molar-refractivity contribution in [2.24, 2.45) is 0 Å². The lowest BCUT2D eigenvalue weighted by atomic mass is 10.2. The predicted molar refractivity (Wildman–Crippen MR) is 82.8 cm³/mol. The van der Waals surface area contributed by atoms with Crippen LogP contribution in [0, 0.1) is 11.6 Å². The van der Waals surface area contributed by atoms with Crippen molar-refractivity contribution < 1.29 is 8.78 Å². The monoisotopic (exact) mass is 316 g/mol. The summed E-state index contributed by atoms with van der Waals surface area (Å²) in [5.41, 5.74) is 8.11. The highest BCUT2D eigenvalue weighted by Gasteiger charge is 2.11. The molecule has 0 amide bonds. The molecule has 0 atom stereocenters. The number of rotatable bonds is 2. The lowest BCUT2D eigenvalue weighted by Crippen LogP contribution is -1.99. The zero-order valence-electron chi connectivity index (χ0n) is 11.3. The molecule has 7 heteroatoms. The molecule has 2 heterocycles. The fraction of sp³-hybridized carbons (Fsp3) is 0.0667. The number of hydrogen-bond acceptors (Lipinski definition) is 4. The topological polar surface area (TPSA) is 56.7 Å². The lowest BCUT2D eigenvalue weighted by molar-refractivity contribution is 0.587. The van der Waals surface area contributed by atoms with Gasteiger partial charge in [0, 0.05) is 18.7 Å². The van der Waals surface area contributed by atoms with Crippen LogP contribution in [0.1, 0.15) is 5.56 Å². The fourth-order valence-corrected chi connectivity index (χ4v) is 3.32. The Morgan fingerprint density at radius 2 is 2.00 bits per heavy atom. The summed E-state index contributed by atoms with van der Waals surface area (Å²) in [5, 5.41) is 0.516. The second-order valence-electron chi connectivity index (χ2n) is 4.98. The predicted octanol–water partition coefficient (Wildman–Crippen LogP) is 3.55. The smallest absolute Gasteiger partial charge is 0.181 e. The summed E-state index contributed by atoms with van der Waals surface area (Å²) in [5.74, 6) is -1.24. The van der Waals surface area contributed by atoms with Crippen LogP contribution in [0.3, 0.4) is 0 Å². The first-order chi connectivity index (χ1) is 10.6. The van der Waals surface area contributed by atoms with Gasteiger partial charge in [-0.15, -0.1) is 0 Å². The molecular formula is C15H10F2N4S. The van der Waals surface area contributed by atoms with Crippen molar-refractivity contribution in [1.82, 2.24) is 14.5 Å². The summed E-state index contributed by atoms with van der Waals surface area (Å²) in [4.78, 5) is 8.26. The van der Waals surface area contributed by atoms with E-state index in [0.717, 1.165) is 21.8 Å². The van der Waals surface area contributed by atoms with Gasteiger partial charge in [-0.25, -0.2) is 18.7 Å². The van der Waals surface area contributed by atoms with Crippen LogP contribution in [0.2, 0.25) is 0 Å². The Hall–Kier alpha value is -2.54. The molecule has 4 aromatic rings. The summed E-state index contributed by atoms with van der Waals surface area (Å²) < 4.78 is 29.8. The maximum Gasteiger partial charge on any atom is 0.181 e. The van der Waals surface area contributed by atoms with Gasteiger partial charge in [0.05, 0.1) is 22.1 Å². The van der Waals surface area contributed by atoms with Crippen LogP contribution in [0.15, 0.2) is 36.7 Å². The van der Waals surface area contributed by atoms with Gasteiger partial charge in [0.2, 0.25) is 0 Å². The first-order valence-corrected chi connectivity index (χ1v) is 7.36. The summed E-state index contributed by atoms with van der Waals surface area (Å²) >= 11 is 1.41. The van der Waals surface area contributed by atoms with Crippen molar-refractivity contribution in [3.8, 4) is 0 Å². The number of imidazole rings is 1. The molecule has 2 aromatic carbocycles. The minimum Gasteiger partial charge on any atom is -0.375 e. The minimum absolute atomic E-state index is 0.297. The number of benzene rings is 2. The first-order valence-electron chi connectivity index (χ1n) is 6.55. The van der Waals surface area contributed by atoms with E-state index < -0.39 is 11.6 Å². The van der Waals surface area contributed by atoms with Gasteiger partial charge >= 0.3 is 0 Å². The van der Waals surface area contributed by atoms with Crippen LogP contribution in [0.25, 0.3) is 21.3 Å². The molecule has 0 bridgehead atoms. The van der Waals surface area contributed by atoms with Crippen LogP contribution in [0.5, 0.6) is 0 Å². The molecule has 0 aliphatic carbocycles. The Morgan fingerprint density at radius 1 is 1.14 bits per heavy atom. The quantitative estimate of drug-likeness (QED) is 0.615. The highest BCUT2D eigenvalue weighted by molar-refractivity contribution is 7.22.